The maximum absolute atomic E-state index is 10.6. The van der Waals surface area contributed by atoms with Crippen molar-refractivity contribution in [3.05, 3.63) is 52.1 Å². The van der Waals surface area contributed by atoms with Gasteiger partial charge >= 0.3 is 0 Å². The third-order valence-corrected chi connectivity index (χ3v) is 3.03. The summed E-state index contributed by atoms with van der Waals surface area (Å²) in [5.41, 5.74) is 1.96. The Bertz CT molecular complexity index is 711. The van der Waals surface area contributed by atoms with Crippen LogP contribution in [-0.4, -0.2) is 19.1 Å². The summed E-state index contributed by atoms with van der Waals surface area (Å²) in [4.78, 5) is 10.1. The van der Waals surface area contributed by atoms with Crippen molar-refractivity contribution in [2.45, 2.75) is 6.92 Å². The third kappa shape index (κ3) is 3.38. The minimum atomic E-state index is -0.464. The summed E-state index contributed by atoms with van der Waals surface area (Å²) in [5, 5.41) is 18.8. The number of nitro groups is 1. The Morgan fingerprint density at radius 3 is 2.18 bits per heavy atom. The molecule has 0 heterocycles. The molecule has 2 aromatic carbocycles. The quantitative estimate of drug-likeness (QED) is 0.467. The van der Waals surface area contributed by atoms with Crippen molar-refractivity contribution in [1.29, 1.82) is 0 Å². The van der Waals surface area contributed by atoms with Crippen LogP contribution in [0.5, 0.6) is 11.5 Å². The first kappa shape index (κ1) is 15.4. The minimum absolute atomic E-state index is 0.00790. The molecule has 2 rings (SSSR count). The highest BCUT2D eigenvalue weighted by atomic mass is 16.6. The average molecular weight is 301 g/mol. The molecule has 2 aromatic rings. The molecule has 0 fully saturated rings. The van der Waals surface area contributed by atoms with Gasteiger partial charge in [0.25, 0.3) is 5.69 Å². The van der Waals surface area contributed by atoms with Crippen LogP contribution < -0.4 is 9.47 Å². The number of hydrogen-bond donors (Lipinski definition) is 0. The normalized spacial score (nSPS) is 10.7. The van der Waals surface area contributed by atoms with Crippen LogP contribution in [0.4, 0.5) is 17.1 Å². The maximum atomic E-state index is 10.6. The Labute approximate surface area is 127 Å². The molecule has 7 heteroatoms. The molecule has 0 N–H and O–H groups in total. The fraction of sp³-hybridized carbons (Fsp3) is 0.200. The molecular weight excluding hydrogens is 286 g/mol. The van der Waals surface area contributed by atoms with Gasteiger partial charge in [0.2, 0.25) is 0 Å². The number of benzene rings is 2. The monoisotopic (exact) mass is 301 g/mol. The van der Waals surface area contributed by atoms with Crippen LogP contribution in [0.2, 0.25) is 0 Å². The van der Waals surface area contributed by atoms with E-state index < -0.39 is 4.92 Å². The lowest BCUT2D eigenvalue weighted by atomic mass is 10.2. The topological polar surface area (TPSA) is 86.3 Å². The molecule has 0 bridgehead atoms. The smallest absolute Gasteiger partial charge is 0.269 e. The van der Waals surface area contributed by atoms with E-state index in [1.165, 1.54) is 24.3 Å². The first-order valence-electron chi connectivity index (χ1n) is 6.44. The van der Waals surface area contributed by atoms with Gasteiger partial charge in [0, 0.05) is 18.2 Å². The zero-order valence-corrected chi connectivity index (χ0v) is 12.4. The van der Waals surface area contributed by atoms with Crippen LogP contribution in [0.25, 0.3) is 0 Å². The van der Waals surface area contributed by atoms with Crippen molar-refractivity contribution in [3.63, 3.8) is 0 Å². The van der Waals surface area contributed by atoms with Gasteiger partial charge in [0.1, 0.15) is 17.2 Å². The second-order valence-corrected chi connectivity index (χ2v) is 4.47. The number of nitro benzene ring substituents is 1. The van der Waals surface area contributed by atoms with Gasteiger partial charge in [0.05, 0.1) is 24.8 Å². The number of nitrogens with zero attached hydrogens (tertiary/aromatic N) is 3. The molecule has 0 aliphatic rings. The van der Waals surface area contributed by atoms with Gasteiger partial charge in [-0.25, -0.2) is 0 Å². The van der Waals surface area contributed by atoms with E-state index in [0.29, 0.717) is 22.9 Å². The van der Waals surface area contributed by atoms with Crippen LogP contribution in [0.3, 0.4) is 0 Å². The molecule has 0 atom stereocenters. The van der Waals surface area contributed by atoms with E-state index in [1.807, 2.05) is 13.0 Å². The molecule has 0 amide bonds. The predicted octanol–water partition coefficient (Wildman–Crippen LogP) is 4.34. The van der Waals surface area contributed by atoms with Gasteiger partial charge in [-0.15, -0.1) is 5.11 Å². The fourth-order valence-electron chi connectivity index (χ4n) is 1.87. The molecular formula is C15H15N3O4. The highest BCUT2D eigenvalue weighted by Crippen LogP contribution is 2.35. The van der Waals surface area contributed by atoms with E-state index in [-0.39, 0.29) is 5.69 Å². The summed E-state index contributed by atoms with van der Waals surface area (Å²) in [6.07, 6.45) is 0. The highest BCUT2D eigenvalue weighted by molar-refractivity contribution is 5.58. The van der Waals surface area contributed by atoms with Crippen molar-refractivity contribution in [2.75, 3.05) is 14.2 Å². The largest absolute Gasteiger partial charge is 0.496 e. The molecule has 0 saturated carbocycles. The second kappa shape index (κ2) is 6.66. The lowest BCUT2D eigenvalue weighted by Crippen LogP contribution is -1.90. The van der Waals surface area contributed by atoms with E-state index in [2.05, 4.69) is 10.2 Å². The summed E-state index contributed by atoms with van der Waals surface area (Å²) in [6.45, 7) is 1.90. The van der Waals surface area contributed by atoms with Crippen molar-refractivity contribution >= 4 is 17.1 Å². The summed E-state index contributed by atoms with van der Waals surface area (Å²) < 4.78 is 10.5. The number of non-ortho nitro benzene ring substituents is 1. The zero-order chi connectivity index (χ0) is 16.1. The van der Waals surface area contributed by atoms with Crippen LogP contribution in [0.1, 0.15) is 5.56 Å². The molecule has 0 spiro atoms. The van der Waals surface area contributed by atoms with Crippen LogP contribution in [0, 0.1) is 17.0 Å². The van der Waals surface area contributed by atoms with Crippen LogP contribution >= 0.6 is 0 Å². The number of methoxy groups -OCH3 is 2. The highest BCUT2D eigenvalue weighted by Gasteiger charge is 2.08. The van der Waals surface area contributed by atoms with E-state index in [1.54, 1.807) is 20.3 Å². The number of azo groups is 1. The maximum Gasteiger partial charge on any atom is 0.269 e. The Hall–Kier alpha value is -2.96. The Balaban J connectivity index is 2.30. The molecule has 0 aliphatic heterocycles. The molecule has 0 saturated heterocycles. The molecule has 0 radical (unpaired) electrons. The average Bonchev–Trinajstić information content (AvgIpc) is 2.53. The SMILES string of the molecule is COc1cc(/N=N/c2ccc([N+](=O)[O-])cc2)c(OC)cc1C. The molecule has 0 aliphatic carbocycles. The van der Waals surface area contributed by atoms with Crippen molar-refractivity contribution in [1.82, 2.24) is 0 Å². The predicted molar refractivity (Wildman–Crippen MR) is 81.6 cm³/mol. The molecule has 0 aromatic heterocycles. The van der Waals surface area contributed by atoms with Gasteiger partial charge < -0.3 is 9.47 Å². The van der Waals surface area contributed by atoms with E-state index in [0.717, 1.165) is 5.56 Å². The van der Waals surface area contributed by atoms with E-state index >= 15 is 0 Å². The second-order valence-electron chi connectivity index (χ2n) is 4.47. The molecule has 0 unspecified atom stereocenters. The van der Waals surface area contributed by atoms with Gasteiger partial charge in [-0.1, -0.05) is 0 Å². The van der Waals surface area contributed by atoms with Crippen LogP contribution in [-0.2, 0) is 0 Å². The lowest BCUT2D eigenvalue weighted by Gasteiger charge is -2.09. The lowest BCUT2D eigenvalue weighted by molar-refractivity contribution is -0.384. The fourth-order valence-corrected chi connectivity index (χ4v) is 1.87. The Morgan fingerprint density at radius 1 is 1.00 bits per heavy atom. The number of aryl methyl sites for hydroxylation is 1. The van der Waals surface area contributed by atoms with Crippen molar-refractivity contribution in [2.24, 2.45) is 10.2 Å². The van der Waals surface area contributed by atoms with Crippen molar-refractivity contribution in [3.8, 4) is 11.5 Å². The summed E-state index contributed by atoms with van der Waals surface area (Å²) >= 11 is 0. The van der Waals surface area contributed by atoms with Gasteiger partial charge in [-0.2, -0.15) is 5.11 Å². The van der Waals surface area contributed by atoms with E-state index in [4.69, 9.17) is 9.47 Å². The zero-order valence-electron chi connectivity index (χ0n) is 12.4. The Kier molecular flexibility index (Phi) is 4.67. The first-order chi connectivity index (χ1) is 10.5. The summed E-state index contributed by atoms with van der Waals surface area (Å²) in [5.74, 6) is 1.25. The minimum Gasteiger partial charge on any atom is -0.496 e. The number of rotatable bonds is 5. The molecule has 7 nitrogen and oxygen atoms in total. The summed E-state index contributed by atoms with van der Waals surface area (Å²) in [7, 11) is 3.12. The third-order valence-electron chi connectivity index (χ3n) is 3.03. The van der Waals surface area contributed by atoms with Crippen molar-refractivity contribution < 1.29 is 14.4 Å². The Morgan fingerprint density at radius 2 is 1.64 bits per heavy atom. The van der Waals surface area contributed by atoms with Crippen LogP contribution in [0.15, 0.2) is 46.6 Å². The molecule has 114 valence electrons. The standard InChI is InChI=1S/C15H15N3O4/c1-10-8-15(22-3)13(9-14(10)21-2)17-16-11-4-6-12(7-5-11)18(19)20/h4-9H,1-3H3/b17-16+. The number of ether oxygens (including phenoxy) is 2. The van der Waals surface area contributed by atoms with E-state index in [9.17, 15) is 10.1 Å². The van der Waals surface area contributed by atoms with Gasteiger partial charge in [-0.3, -0.25) is 10.1 Å². The van der Waals surface area contributed by atoms with Gasteiger partial charge in [-0.05, 0) is 30.7 Å². The molecule has 22 heavy (non-hydrogen) atoms. The van der Waals surface area contributed by atoms with Gasteiger partial charge in [0.15, 0.2) is 0 Å². The first-order valence-corrected chi connectivity index (χ1v) is 6.44. The summed E-state index contributed by atoms with van der Waals surface area (Å²) in [6, 6.07) is 9.34. The number of hydrogen-bond acceptors (Lipinski definition) is 6.